The Labute approximate surface area is 123 Å². The predicted octanol–water partition coefficient (Wildman–Crippen LogP) is 2.51. The van der Waals surface area contributed by atoms with Crippen molar-refractivity contribution in [2.45, 2.75) is 11.4 Å². The summed E-state index contributed by atoms with van der Waals surface area (Å²) >= 11 is 3.11. The van der Waals surface area contributed by atoms with E-state index in [1.54, 1.807) is 0 Å². The Hall–Kier alpha value is -1.73. The van der Waals surface area contributed by atoms with Gasteiger partial charge in [0.15, 0.2) is 0 Å². The van der Waals surface area contributed by atoms with Crippen LogP contribution in [-0.2, 0) is 14.3 Å². The smallest absolute Gasteiger partial charge is 0.352 e. The van der Waals surface area contributed by atoms with Crippen molar-refractivity contribution in [3.8, 4) is 0 Å². The Morgan fingerprint density at radius 2 is 2.00 bits per heavy atom. The molecule has 1 amide bonds. The van der Waals surface area contributed by atoms with Gasteiger partial charge in [-0.15, -0.1) is 0 Å². The van der Waals surface area contributed by atoms with Crippen molar-refractivity contribution >= 4 is 33.5 Å². The van der Waals surface area contributed by atoms with Crippen LogP contribution in [0.1, 0.15) is 6.42 Å². The molecule has 7 heteroatoms. The van der Waals surface area contributed by atoms with Gasteiger partial charge in [0.1, 0.15) is 16.5 Å². The number of ether oxygens (including phenoxy) is 1. The van der Waals surface area contributed by atoms with E-state index >= 15 is 0 Å². The first-order valence-corrected chi connectivity index (χ1v) is 6.46. The van der Waals surface area contributed by atoms with Gasteiger partial charge in [0.25, 0.3) is 0 Å². The highest BCUT2D eigenvalue weighted by Gasteiger charge is 2.25. The van der Waals surface area contributed by atoms with Gasteiger partial charge in [0.05, 0.1) is 6.42 Å². The van der Waals surface area contributed by atoms with Crippen molar-refractivity contribution in [2.75, 3.05) is 12.0 Å². The molecule has 0 bridgehead atoms. The molecule has 1 aromatic carbocycles. The van der Waals surface area contributed by atoms with E-state index in [9.17, 15) is 14.0 Å². The first kappa shape index (κ1) is 16.3. The van der Waals surface area contributed by atoms with E-state index in [0.29, 0.717) is 0 Å². The summed E-state index contributed by atoms with van der Waals surface area (Å²) in [6.45, 7) is 3.36. The van der Waals surface area contributed by atoms with Crippen LogP contribution in [0.15, 0.2) is 36.5 Å². The summed E-state index contributed by atoms with van der Waals surface area (Å²) in [7, 11) is 1.40. The number of nitrogens with zero attached hydrogens (tertiary/aromatic N) is 1. The van der Waals surface area contributed by atoms with Crippen molar-refractivity contribution in [2.24, 2.45) is 0 Å². The fraction of sp³-hybridized carbons (Fsp3) is 0.231. The summed E-state index contributed by atoms with van der Waals surface area (Å²) in [6, 6.07) is 4.87. The van der Waals surface area contributed by atoms with Crippen molar-refractivity contribution < 1.29 is 23.8 Å². The summed E-state index contributed by atoms with van der Waals surface area (Å²) in [4.78, 5) is 24.1. The number of anilines is 1. The van der Waals surface area contributed by atoms with Gasteiger partial charge >= 0.3 is 5.97 Å². The van der Waals surface area contributed by atoms with Crippen LogP contribution >= 0.6 is 15.9 Å². The largest absolute Gasteiger partial charge is 0.477 e. The van der Waals surface area contributed by atoms with E-state index < -0.39 is 28.4 Å². The van der Waals surface area contributed by atoms with Crippen LogP contribution in [-0.4, -0.2) is 29.1 Å². The molecule has 0 saturated carbocycles. The number of carboxylic acid groups (broad SMARTS) is 1. The van der Waals surface area contributed by atoms with Gasteiger partial charge in [-0.2, -0.15) is 0 Å². The van der Waals surface area contributed by atoms with Gasteiger partial charge in [0.2, 0.25) is 5.91 Å². The van der Waals surface area contributed by atoms with E-state index in [4.69, 9.17) is 9.84 Å². The molecule has 0 aromatic heterocycles. The van der Waals surface area contributed by atoms with E-state index in [-0.39, 0.29) is 12.1 Å². The number of carbonyl (C=O) groups is 2. The fourth-order valence-corrected chi connectivity index (χ4v) is 1.73. The summed E-state index contributed by atoms with van der Waals surface area (Å²) in [6.07, 6.45) is -0.0970. The third-order valence-corrected chi connectivity index (χ3v) is 3.14. The molecule has 0 heterocycles. The van der Waals surface area contributed by atoms with Crippen LogP contribution in [0, 0.1) is 5.82 Å². The number of alkyl halides is 1. The highest BCUT2D eigenvalue weighted by Crippen LogP contribution is 2.22. The monoisotopic (exact) mass is 345 g/mol. The van der Waals surface area contributed by atoms with E-state index in [0.717, 1.165) is 17.0 Å². The maximum absolute atomic E-state index is 12.9. The lowest BCUT2D eigenvalue weighted by Gasteiger charge is -2.23. The van der Waals surface area contributed by atoms with Crippen LogP contribution in [0.5, 0.6) is 0 Å². The number of halogens is 2. The van der Waals surface area contributed by atoms with Gasteiger partial charge in [-0.3, -0.25) is 9.69 Å². The molecule has 108 valence electrons. The number of aliphatic carboxylic acids is 1. The summed E-state index contributed by atoms with van der Waals surface area (Å²) in [5.74, 6) is -2.36. The molecule has 0 fully saturated rings. The van der Waals surface area contributed by atoms with Gasteiger partial charge in [-0.1, -0.05) is 22.5 Å². The molecule has 0 aliphatic rings. The second-order valence-electron chi connectivity index (χ2n) is 3.81. The van der Waals surface area contributed by atoms with Crippen molar-refractivity contribution in [1.29, 1.82) is 0 Å². The lowest BCUT2D eigenvalue weighted by Crippen LogP contribution is -2.34. The first-order valence-electron chi connectivity index (χ1n) is 5.54. The summed E-state index contributed by atoms with van der Waals surface area (Å²) in [5.41, 5.74) is -0.197. The zero-order valence-electron chi connectivity index (χ0n) is 10.7. The maximum Gasteiger partial charge on any atom is 0.352 e. The molecular formula is C13H13BrFNO4. The zero-order chi connectivity index (χ0) is 15.3. The van der Waals surface area contributed by atoms with Crippen molar-refractivity contribution in [1.82, 2.24) is 0 Å². The number of amides is 1. The second-order valence-corrected chi connectivity index (χ2v) is 4.83. The molecule has 0 spiro atoms. The van der Waals surface area contributed by atoms with Gasteiger partial charge in [-0.05, 0) is 24.3 Å². The number of hydrogen-bond donors (Lipinski definition) is 1. The molecule has 1 rings (SSSR count). The maximum atomic E-state index is 12.9. The van der Waals surface area contributed by atoms with E-state index in [1.165, 1.54) is 19.2 Å². The molecule has 1 unspecified atom stereocenters. The average molecular weight is 346 g/mol. The molecule has 0 radical (unpaired) electrons. The minimum atomic E-state index is -1.34. The number of methoxy groups -OCH3 is 1. The molecule has 0 saturated heterocycles. The quantitative estimate of drug-likeness (QED) is 0.635. The normalized spacial score (nSPS) is 11.8. The van der Waals surface area contributed by atoms with Crippen LogP contribution in [0.2, 0.25) is 0 Å². The van der Waals surface area contributed by atoms with Crippen LogP contribution in [0.3, 0.4) is 0 Å². The van der Waals surface area contributed by atoms with Crippen LogP contribution < -0.4 is 4.90 Å². The second kappa shape index (κ2) is 7.16. The van der Waals surface area contributed by atoms with Gasteiger partial charge in [-0.25, -0.2) is 9.18 Å². The zero-order valence-corrected chi connectivity index (χ0v) is 12.3. The third-order valence-electron chi connectivity index (χ3n) is 2.44. The molecule has 0 aliphatic heterocycles. The third kappa shape index (κ3) is 4.14. The average Bonchev–Trinajstić information content (AvgIpc) is 2.40. The predicted molar refractivity (Wildman–Crippen MR) is 75.0 cm³/mol. The standard InChI is InChI=1S/C13H13BrFNO4/c1-8(13(18)19)16(12(17)7-11(14)20-2)10-5-3-9(15)4-6-10/h3-6,11H,1,7H2,2H3,(H,18,19). The van der Waals surface area contributed by atoms with Crippen LogP contribution in [0.25, 0.3) is 0 Å². The van der Waals surface area contributed by atoms with Crippen molar-refractivity contribution in [3.63, 3.8) is 0 Å². The highest BCUT2D eigenvalue weighted by molar-refractivity contribution is 9.09. The van der Waals surface area contributed by atoms with Gasteiger partial charge in [0, 0.05) is 12.8 Å². The molecule has 5 nitrogen and oxygen atoms in total. The summed E-state index contributed by atoms with van der Waals surface area (Å²) < 4.78 is 17.8. The SMILES string of the molecule is C=C(C(=O)O)N(C(=O)CC(Br)OC)c1ccc(F)cc1. The Bertz CT molecular complexity index is 518. The summed E-state index contributed by atoms with van der Waals surface area (Å²) in [5, 5.41) is 8.44. The van der Waals surface area contributed by atoms with Crippen LogP contribution in [0.4, 0.5) is 10.1 Å². The Kier molecular flexibility index (Phi) is 5.84. The topological polar surface area (TPSA) is 66.8 Å². The van der Waals surface area contributed by atoms with Crippen molar-refractivity contribution in [3.05, 3.63) is 42.4 Å². The number of benzene rings is 1. The minimum Gasteiger partial charge on any atom is -0.477 e. The Balaban J connectivity index is 3.08. The lowest BCUT2D eigenvalue weighted by atomic mass is 10.2. The molecule has 1 atom stereocenters. The first-order chi connectivity index (χ1) is 9.36. The number of rotatable bonds is 6. The Morgan fingerprint density at radius 3 is 2.45 bits per heavy atom. The molecule has 20 heavy (non-hydrogen) atoms. The molecule has 0 aliphatic carbocycles. The molecule has 1 aromatic rings. The number of carbonyl (C=O) groups excluding carboxylic acids is 1. The fourth-order valence-electron chi connectivity index (χ4n) is 1.45. The minimum absolute atomic E-state index is 0.0970. The van der Waals surface area contributed by atoms with Gasteiger partial charge < -0.3 is 9.84 Å². The highest BCUT2D eigenvalue weighted by atomic mass is 79.9. The number of hydrogen-bond acceptors (Lipinski definition) is 3. The van der Waals surface area contributed by atoms with E-state index in [1.807, 2.05) is 0 Å². The molecular weight excluding hydrogens is 333 g/mol. The number of carboxylic acids is 1. The lowest BCUT2D eigenvalue weighted by molar-refractivity contribution is -0.133. The van der Waals surface area contributed by atoms with E-state index in [2.05, 4.69) is 22.5 Å². The molecule has 1 N–H and O–H groups in total. The Morgan fingerprint density at radius 1 is 1.45 bits per heavy atom.